The number of rotatable bonds is 3. The van der Waals surface area contributed by atoms with E-state index in [2.05, 4.69) is 36.4 Å². The van der Waals surface area contributed by atoms with Gasteiger partial charge in [0.05, 0.1) is 0 Å². The number of para-hydroxylation sites is 1. The number of benzene rings is 2. The highest BCUT2D eigenvalue weighted by Crippen LogP contribution is 2.20. The molecule has 92 valence electrons. The van der Waals surface area contributed by atoms with Gasteiger partial charge in [0.1, 0.15) is 4.32 Å². The lowest BCUT2D eigenvalue weighted by Gasteiger charge is -2.19. The van der Waals surface area contributed by atoms with Crippen molar-refractivity contribution in [2.24, 2.45) is 0 Å². The van der Waals surface area contributed by atoms with Crippen LogP contribution in [-0.2, 0) is 5.75 Å². The molecule has 0 bridgehead atoms. The Bertz CT molecular complexity index is 496. The third-order valence-electron chi connectivity index (χ3n) is 2.62. The fraction of sp³-hybridized carbons (Fsp3) is 0.133. The lowest BCUT2D eigenvalue weighted by atomic mass is 10.2. The van der Waals surface area contributed by atoms with Gasteiger partial charge in [-0.2, -0.15) is 0 Å². The van der Waals surface area contributed by atoms with E-state index in [0.717, 1.165) is 15.8 Å². The van der Waals surface area contributed by atoms with Crippen LogP contribution in [0.3, 0.4) is 0 Å². The van der Waals surface area contributed by atoms with E-state index in [1.165, 1.54) is 5.56 Å². The van der Waals surface area contributed by atoms with Crippen LogP contribution in [0.4, 0.5) is 5.69 Å². The third kappa shape index (κ3) is 3.59. The molecule has 0 atom stereocenters. The van der Waals surface area contributed by atoms with Gasteiger partial charge in [-0.3, -0.25) is 0 Å². The van der Waals surface area contributed by atoms with Gasteiger partial charge >= 0.3 is 0 Å². The zero-order valence-corrected chi connectivity index (χ0v) is 11.9. The summed E-state index contributed by atoms with van der Waals surface area (Å²) in [5.41, 5.74) is 2.43. The summed E-state index contributed by atoms with van der Waals surface area (Å²) in [6, 6.07) is 20.6. The molecule has 0 N–H and O–H groups in total. The molecular formula is C15H15NS2. The molecular weight excluding hydrogens is 258 g/mol. The van der Waals surface area contributed by atoms with E-state index in [-0.39, 0.29) is 0 Å². The summed E-state index contributed by atoms with van der Waals surface area (Å²) in [6.45, 7) is 0. The van der Waals surface area contributed by atoms with Crippen molar-refractivity contribution in [1.29, 1.82) is 0 Å². The summed E-state index contributed by atoms with van der Waals surface area (Å²) in [4.78, 5) is 2.04. The Balaban J connectivity index is 1.93. The Morgan fingerprint density at radius 3 is 2.17 bits per heavy atom. The van der Waals surface area contributed by atoms with Gasteiger partial charge in [0, 0.05) is 18.5 Å². The van der Waals surface area contributed by atoms with Crippen molar-refractivity contribution in [3.63, 3.8) is 0 Å². The van der Waals surface area contributed by atoms with E-state index >= 15 is 0 Å². The fourth-order valence-electron chi connectivity index (χ4n) is 1.57. The van der Waals surface area contributed by atoms with Crippen LogP contribution in [0, 0.1) is 0 Å². The van der Waals surface area contributed by atoms with Crippen LogP contribution in [0.15, 0.2) is 60.7 Å². The number of thioether (sulfide) groups is 1. The molecule has 0 heterocycles. The second-order valence-corrected chi connectivity index (χ2v) is 5.54. The average Bonchev–Trinajstić information content (AvgIpc) is 2.46. The molecule has 0 aliphatic rings. The summed E-state index contributed by atoms with van der Waals surface area (Å²) in [6.07, 6.45) is 0. The highest BCUT2D eigenvalue weighted by molar-refractivity contribution is 8.22. The largest absolute Gasteiger partial charge is 0.330 e. The van der Waals surface area contributed by atoms with Crippen molar-refractivity contribution in [2.45, 2.75) is 5.75 Å². The SMILES string of the molecule is CN(C(=S)SCc1ccccc1)c1ccccc1. The average molecular weight is 273 g/mol. The van der Waals surface area contributed by atoms with Crippen LogP contribution in [0.5, 0.6) is 0 Å². The Labute approximate surface area is 118 Å². The molecule has 2 rings (SSSR count). The summed E-state index contributed by atoms with van der Waals surface area (Å²) >= 11 is 7.14. The first-order valence-corrected chi connectivity index (χ1v) is 7.16. The van der Waals surface area contributed by atoms with Crippen molar-refractivity contribution in [3.8, 4) is 0 Å². The van der Waals surface area contributed by atoms with Gasteiger partial charge in [-0.1, -0.05) is 72.5 Å². The molecule has 3 heteroatoms. The molecule has 0 aliphatic carbocycles. The number of thiocarbonyl (C=S) groups is 1. The van der Waals surface area contributed by atoms with Crippen LogP contribution in [0.1, 0.15) is 5.56 Å². The van der Waals surface area contributed by atoms with Crippen molar-refractivity contribution in [1.82, 2.24) is 0 Å². The summed E-state index contributed by atoms with van der Waals surface area (Å²) in [7, 11) is 2.01. The molecule has 0 spiro atoms. The smallest absolute Gasteiger partial charge is 0.140 e. The molecule has 2 aromatic rings. The van der Waals surface area contributed by atoms with Gasteiger partial charge in [0.15, 0.2) is 0 Å². The van der Waals surface area contributed by atoms with Crippen molar-refractivity contribution in [3.05, 3.63) is 66.2 Å². The van der Waals surface area contributed by atoms with Crippen LogP contribution in [0.25, 0.3) is 0 Å². The van der Waals surface area contributed by atoms with Gasteiger partial charge in [-0.25, -0.2) is 0 Å². The maximum atomic E-state index is 5.45. The molecule has 0 unspecified atom stereocenters. The minimum Gasteiger partial charge on any atom is -0.330 e. The van der Waals surface area contributed by atoms with Crippen LogP contribution < -0.4 is 4.90 Å². The highest BCUT2D eigenvalue weighted by atomic mass is 32.2. The maximum Gasteiger partial charge on any atom is 0.140 e. The van der Waals surface area contributed by atoms with Crippen LogP contribution in [-0.4, -0.2) is 11.4 Å². The Morgan fingerprint density at radius 2 is 1.56 bits per heavy atom. The Kier molecular flexibility index (Phi) is 4.79. The first-order chi connectivity index (χ1) is 8.77. The second-order valence-electron chi connectivity index (χ2n) is 3.93. The summed E-state index contributed by atoms with van der Waals surface area (Å²) in [5.74, 6) is 0.914. The van der Waals surface area contributed by atoms with Gasteiger partial charge < -0.3 is 4.90 Å². The van der Waals surface area contributed by atoms with E-state index < -0.39 is 0 Å². The number of anilines is 1. The molecule has 0 radical (unpaired) electrons. The van der Waals surface area contributed by atoms with E-state index in [0.29, 0.717) is 0 Å². The van der Waals surface area contributed by atoms with E-state index in [4.69, 9.17) is 12.2 Å². The molecule has 2 aromatic carbocycles. The zero-order valence-electron chi connectivity index (χ0n) is 10.2. The van der Waals surface area contributed by atoms with E-state index in [1.807, 2.05) is 36.2 Å². The standard InChI is InChI=1S/C15H15NS2/c1-16(14-10-6-3-7-11-14)15(17)18-12-13-8-4-2-5-9-13/h2-11H,12H2,1H3. The van der Waals surface area contributed by atoms with Gasteiger partial charge in [-0.15, -0.1) is 0 Å². The lowest BCUT2D eigenvalue weighted by molar-refractivity contribution is 1.31. The molecule has 0 aromatic heterocycles. The zero-order chi connectivity index (χ0) is 12.8. The van der Waals surface area contributed by atoms with Crippen molar-refractivity contribution < 1.29 is 0 Å². The third-order valence-corrected chi connectivity index (χ3v) is 4.25. The highest BCUT2D eigenvalue weighted by Gasteiger charge is 2.06. The molecule has 0 fully saturated rings. The minimum atomic E-state index is 0.894. The molecule has 0 aliphatic heterocycles. The Morgan fingerprint density at radius 1 is 1.00 bits per heavy atom. The first kappa shape index (κ1) is 13.1. The molecule has 0 saturated carbocycles. The Hall–Kier alpha value is -1.32. The van der Waals surface area contributed by atoms with Crippen LogP contribution in [0.2, 0.25) is 0 Å². The second kappa shape index (κ2) is 6.57. The van der Waals surface area contributed by atoms with Gasteiger partial charge in [0.2, 0.25) is 0 Å². The van der Waals surface area contributed by atoms with Crippen LogP contribution >= 0.6 is 24.0 Å². The minimum absolute atomic E-state index is 0.894. The van der Waals surface area contributed by atoms with Crippen molar-refractivity contribution in [2.75, 3.05) is 11.9 Å². The fourth-order valence-corrected chi connectivity index (χ4v) is 2.64. The predicted octanol–water partition coefficient (Wildman–Crippen LogP) is 4.34. The summed E-state index contributed by atoms with van der Waals surface area (Å²) in [5, 5.41) is 0. The molecule has 0 amide bonds. The first-order valence-electron chi connectivity index (χ1n) is 5.77. The lowest BCUT2D eigenvalue weighted by Crippen LogP contribution is -2.21. The van der Waals surface area contributed by atoms with Crippen molar-refractivity contribution >= 4 is 34.0 Å². The number of nitrogens with zero attached hydrogens (tertiary/aromatic N) is 1. The number of hydrogen-bond acceptors (Lipinski definition) is 2. The molecule has 1 nitrogen and oxygen atoms in total. The van der Waals surface area contributed by atoms with E-state index in [1.54, 1.807) is 11.8 Å². The predicted molar refractivity (Wildman–Crippen MR) is 85.2 cm³/mol. The molecule has 0 saturated heterocycles. The summed E-state index contributed by atoms with van der Waals surface area (Å²) < 4.78 is 0.894. The maximum absolute atomic E-state index is 5.45. The molecule has 18 heavy (non-hydrogen) atoms. The number of hydrogen-bond donors (Lipinski definition) is 0. The normalized spacial score (nSPS) is 10.1. The quantitative estimate of drug-likeness (QED) is 0.766. The topological polar surface area (TPSA) is 3.24 Å². The monoisotopic (exact) mass is 273 g/mol. The van der Waals surface area contributed by atoms with E-state index in [9.17, 15) is 0 Å². The van der Waals surface area contributed by atoms with Gasteiger partial charge in [-0.05, 0) is 17.7 Å². The van der Waals surface area contributed by atoms with Gasteiger partial charge in [0.25, 0.3) is 0 Å².